The number of nitro benzene ring substituents is 1. The third-order valence-corrected chi connectivity index (χ3v) is 5.35. The zero-order chi connectivity index (χ0) is 16.4. The fourth-order valence-corrected chi connectivity index (χ4v) is 3.78. The normalized spacial score (nSPS) is 17.2. The van der Waals surface area contributed by atoms with Gasteiger partial charge < -0.3 is 4.90 Å². The van der Waals surface area contributed by atoms with Gasteiger partial charge in [0.05, 0.1) is 11.0 Å². The molecule has 0 saturated carbocycles. The molecule has 1 saturated heterocycles. The molecule has 23 heavy (non-hydrogen) atoms. The van der Waals surface area contributed by atoms with Gasteiger partial charge in [0.2, 0.25) is 0 Å². The van der Waals surface area contributed by atoms with Gasteiger partial charge in [-0.2, -0.15) is 0 Å². The summed E-state index contributed by atoms with van der Waals surface area (Å²) in [6.45, 7) is 7.93. The summed E-state index contributed by atoms with van der Waals surface area (Å²) in [7, 11) is 0. The Hall–Kier alpha value is -1.99. The lowest BCUT2D eigenvalue weighted by molar-refractivity contribution is -0.384. The maximum atomic E-state index is 10.9. The van der Waals surface area contributed by atoms with Crippen molar-refractivity contribution in [3.63, 3.8) is 0 Å². The fraction of sp³-hybridized carbons (Fsp3) is 0.438. The van der Waals surface area contributed by atoms with Crippen molar-refractivity contribution < 1.29 is 4.92 Å². The molecule has 1 aromatic carbocycles. The second kappa shape index (κ2) is 6.64. The third-order valence-electron chi connectivity index (χ3n) is 4.40. The first kappa shape index (κ1) is 15.9. The average molecular weight is 332 g/mol. The molecule has 0 bridgehead atoms. The monoisotopic (exact) mass is 332 g/mol. The number of hydrogen-bond donors (Lipinski definition) is 0. The number of anilines is 1. The standard InChI is InChI=1S/C16H20N4O2S/c1-12-11-14(20(21)22)3-4-15(12)19-8-6-18(7-9-19)13(2)16-17-5-10-23-16/h3-5,10-11,13H,6-9H2,1-2H3. The molecular formula is C16H20N4O2S. The van der Waals surface area contributed by atoms with E-state index in [2.05, 4.69) is 21.7 Å². The minimum absolute atomic E-state index is 0.155. The van der Waals surface area contributed by atoms with Crippen LogP contribution in [0.5, 0.6) is 0 Å². The van der Waals surface area contributed by atoms with Crippen molar-refractivity contribution in [2.45, 2.75) is 19.9 Å². The first-order valence-corrected chi connectivity index (χ1v) is 8.57. The van der Waals surface area contributed by atoms with Gasteiger partial charge in [-0.1, -0.05) is 0 Å². The maximum absolute atomic E-state index is 10.9. The zero-order valence-corrected chi connectivity index (χ0v) is 14.1. The first-order valence-electron chi connectivity index (χ1n) is 7.69. The molecule has 7 heteroatoms. The van der Waals surface area contributed by atoms with Crippen LogP contribution in [-0.2, 0) is 0 Å². The number of thiazole rings is 1. The zero-order valence-electron chi connectivity index (χ0n) is 13.3. The Labute approximate surface area is 139 Å². The molecule has 0 N–H and O–H groups in total. The number of hydrogen-bond acceptors (Lipinski definition) is 6. The highest BCUT2D eigenvalue weighted by Gasteiger charge is 2.24. The summed E-state index contributed by atoms with van der Waals surface area (Å²) in [4.78, 5) is 19.7. The number of non-ortho nitro benzene ring substituents is 1. The van der Waals surface area contributed by atoms with Gasteiger partial charge in [-0.15, -0.1) is 11.3 Å². The molecule has 1 aliphatic heterocycles. The van der Waals surface area contributed by atoms with E-state index in [1.807, 2.05) is 24.6 Å². The van der Waals surface area contributed by atoms with Crippen molar-refractivity contribution in [3.05, 3.63) is 50.5 Å². The summed E-state index contributed by atoms with van der Waals surface area (Å²) >= 11 is 1.70. The van der Waals surface area contributed by atoms with E-state index >= 15 is 0 Å². The minimum atomic E-state index is -0.343. The molecule has 1 aromatic heterocycles. The molecule has 1 aliphatic rings. The van der Waals surface area contributed by atoms with Crippen LogP contribution < -0.4 is 4.90 Å². The predicted octanol–water partition coefficient (Wildman–Crippen LogP) is 3.24. The van der Waals surface area contributed by atoms with Gasteiger partial charge in [0.15, 0.2) is 0 Å². The Morgan fingerprint density at radius 2 is 2.04 bits per heavy atom. The molecule has 0 aliphatic carbocycles. The highest BCUT2D eigenvalue weighted by atomic mass is 32.1. The Morgan fingerprint density at radius 1 is 1.30 bits per heavy atom. The lowest BCUT2D eigenvalue weighted by atomic mass is 10.1. The Balaban J connectivity index is 1.66. The van der Waals surface area contributed by atoms with Crippen LogP contribution in [0.1, 0.15) is 23.5 Å². The van der Waals surface area contributed by atoms with E-state index in [-0.39, 0.29) is 10.6 Å². The molecule has 3 rings (SSSR count). The number of nitro groups is 1. The largest absolute Gasteiger partial charge is 0.369 e. The van der Waals surface area contributed by atoms with Crippen LogP contribution in [0.3, 0.4) is 0 Å². The molecule has 0 amide bonds. The van der Waals surface area contributed by atoms with Gasteiger partial charge in [0.25, 0.3) is 5.69 Å². The fourth-order valence-electron chi connectivity index (χ4n) is 3.06. The number of aromatic nitrogens is 1. The molecule has 0 spiro atoms. The summed E-state index contributed by atoms with van der Waals surface area (Å²) in [5.74, 6) is 0. The van der Waals surface area contributed by atoms with E-state index in [0.717, 1.165) is 42.4 Å². The lowest BCUT2D eigenvalue weighted by Crippen LogP contribution is -2.47. The highest BCUT2D eigenvalue weighted by molar-refractivity contribution is 7.09. The maximum Gasteiger partial charge on any atom is 0.269 e. The number of benzene rings is 1. The van der Waals surface area contributed by atoms with E-state index in [1.165, 1.54) is 0 Å². The van der Waals surface area contributed by atoms with Gasteiger partial charge in [-0.3, -0.25) is 15.0 Å². The van der Waals surface area contributed by atoms with Crippen LogP contribution in [-0.4, -0.2) is 41.0 Å². The number of rotatable bonds is 4. The summed E-state index contributed by atoms with van der Waals surface area (Å²) in [6.07, 6.45) is 1.85. The van der Waals surface area contributed by atoms with E-state index < -0.39 is 0 Å². The smallest absolute Gasteiger partial charge is 0.269 e. The van der Waals surface area contributed by atoms with Crippen molar-refractivity contribution in [2.75, 3.05) is 31.1 Å². The SMILES string of the molecule is Cc1cc([N+](=O)[O-])ccc1N1CCN(C(C)c2nccs2)CC1. The van der Waals surface area contributed by atoms with Gasteiger partial charge in [-0.05, 0) is 25.5 Å². The number of aryl methyl sites for hydroxylation is 1. The van der Waals surface area contributed by atoms with Crippen molar-refractivity contribution in [3.8, 4) is 0 Å². The molecule has 2 heterocycles. The molecule has 1 fully saturated rings. The summed E-state index contributed by atoms with van der Waals surface area (Å²) in [5, 5.41) is 14.0. The van der Waals surface area contributed by atoms with Crippen LogP contribution >= 0.6 is 11.3 Å². The van der Waals surface area contributed by atoms with Gasteiger partial charge in [0, 0.05) is 55.6 Å². The number of nitrogens with zero attached hydrogens (tertiary/aromatic N) is 4. The summed E-state index contributed by atoms with van der Waals surface area (Å²) in [6, 6.07) is 5.45. The second-order valence-electron chi connectivity index (χ2n) is 5.80. The average Bonchev–Trinajstić information content (AvgIpc) is 3.08. The van der Waals surface area contributed by atoms with Gasteiger partial charge >= 0.3 is 0 Å². The molecule has 0 radical (unpaired) electrons. The molecular weight excluding hydrogens is 312 g/mol. The Morgan fingerprint density at radius 3 is 2.61 bits per heavy atom. The molecule has 2 aromatic rings. The van der Waals surface area contributed by atoms with Crippen LogP contribution in [0.15, 0.2) is 29.8 Å². The second-order valence-corrected chi connectivity index (χ2v) is 6.72. The summed E-state index contributed by atoms with van der Waals surface area (Å²) < 4.78 is 0. The van der Waals surface area contributed by atoms with Crippen LogP contribution in [0, 0.1) is 17.0 Å². The van der Waals surface area contributed by atoms with Crippen molar-refractivity contribution in [2.24, 2.45) is 0 Å². The molecule has 1 unspecified atom stereocenters. The van der Waals surface area contributed by atoms with E-state index in [1.54, 1.807) is 23.5 Å². The van der Waals surface area contributed by atoms with E-state index in [4.69, 9.17) is 0 Å². The first-order chi connectivity index (χ1) is 11.1. The quantitative estimate of drug-likeness (QED) is 0.635. The van der Waals surface area contributed by atoms with E-state index in [0.29, 0.717) is 6.04 Å². The minimum Gasteiger partial charge on any atom is -0.369 e. The molecule has 6 nitrogen and oxygen atoms in total. The van der Waals surface area contributed by atoms with Crippen LogP contribution in [0.4, 0.5) is 11.4 Å². The molecule has 122 valence electrons. The van der Waals surface area contributed by atoms with Crippen molar-refractivity contribution in [1.29, 1.82) is 0 Å². The highest BCUT2D eigenvalue weighted by Crippen LogP contribution is 2.28. The number of piperazine rings is 1. The topological polar surface area (TPSA) is 62.5 Å². The Kier molecular flexibility index (Phi) is 4.58. The predicted molar refractivity (Wildman–Crippen MR) is 92.1 cm³/mol. The van der Waals surface area contributed by atoms with Crippen LogP contribution in [0.2, 0.25) is 0 Å². The van der Waals surface area contributed by atoms with Crippen molar-refractivity contribution >= 4 is 22.7 Å². The van der Waals surface area contributed by atoms with Gasteiger partial charge in [-0.25, -0.2) is 4.98 Å². The van der Waals surface area contributed by atoms with Crippen LogP contribution in [0.25, 0.3) is 0 Å². The Bertz CT molecular complexity index is 681. The lowest BCUT2D eigenvalue weighted by Gasteiger charge is -2.39. The van der Waals surface area contributed by atoms with Crippen molar-refractivity contribution in [1.82, 2.24) is 9.88 Å². The van der Waals surface area contributed by atoms with E-state index in [9.17, 15) is 10.1 Å². The molecule has 1 atom stereocenters. The third kappa shape index (κ3) is 3.35. The van der Waals surface area contributed by atoms with Gasteiger partial charge in [0.1, 0.15) is 5.01 Å². The summed E-state index contributed by atoms with van der Waals surface area (Å²) in [5.41, 5.74) is 2.21.